The van der Waals surface area contributed by atoms with Crippen molar-refractivity contribution in [2.75, 3.05) is 26.4 Å². The average Bonchev–Trinajstić information content (AvgIpc) is 2.34. The van der Waals surface area contributed by atoms with E-state index in [9.17, 15) is 39.5 Å². The van der Waals surface area contributed by atoms with E-state index in [0.717, 1.165) is 0 Å². The number of hydrogen-bond acceptors (Lipinski definition) is 2. The van der Waals surface area contributed by atoms with E-state index < -0.39 is 36.6 Å². The molecule has 1 aliphatic heterocycles. The van der Waals surface area contributed by atoms with Gasteiger partial charge in [-0.2, -0.15) is 39.5 Å². The van der Waals surface area contributed by atoms with Crippen molar-refractivity contribution in [3.63, 3.8) is 0 Å². The van der Waals surface area contributed by atoms with Crippen LogP contribution < -0.4 is 0 Å². The Morgan fingerprint density at radius 3 is 1.87 bits per heavy atom. The predicted octanol–water partition coefficient (Wildman–Crippen LogP) is 4.06. The highest BCUT2D eigenvalue weighted by Crippen LogP contribution is 2.53. The second-order valence-corrected chi connectivity index (χ2v) is 5.49. The molecule has 0 aromatic rings. The molecule has 1 fully saturated rings. The third-order valence-corrected chi connectivity index (χ3v) is 3.06. The zero-order valence-electron chi connectivity index (χ0n) is 11.7. The van der Waals surface area contributed by atoms with Crippen LogP contribution in [0, 0.1) is 5.41 Å². The van der Waals surface area contributed by atoms with Crippen LogP contribution in [-0.2, 0) is 9.47 Å². The van der Waals surface area contributed by atoms with E-state index in [0.29, 0.717) is 13.2 Å². The van der Waals surface area contributed by atoms with Crippen molar-refractivity contribution in [1.29, 1.82) is 0 Å². The van der Waals surface area contributed by atoms with E-state index >= 15 is 0 Å². The van der Waals surface area contributed by atoms with Gasteiger partial charge in [-0.05, 0) is 6.08 Å². The minimum absolute atomic E-state index is 0.0258. The third kappa shape index (κ3) is 3.93. The smallest absolute Gasteiger partial charge is 0.380 e. The highest BCUT2D eigenvalue weighted by Gasteiger charge is 2.81. The Hall–Kier alpha value is -0.970. The molecule has 1 aliphatic rings. The summed E-state index contributed by atoms with van der Waals surface area (Å²) in [5.74, 6) is -19.2. The highest BCUT2D eigenvalue weighted by molar-refractivity contribution is 5.10. The average molecular weight is 360 g/mol. The van der Waals surface area contributed by atoms with E-state index in [4.69, 9.17) is 9.47 Å². The fraction of sp³-hybridized carbons (Fsp3) is 0.833. The molecule has 0 aromatic heterocycles. The first kappa shape index (κ1) is 20.1. The Balaban J connectivity index is 2.67. The lowest BCUT2D eigenvalue weighted by atomic mass is 9.90. The van der Waals surface area contributed by atoms with Crippen LogP contribution in [0.25, 0.3) is 0 Å². The standard InChI is InChI=1S/C12H13F9O2/c1-8(6-23-7-8)5-22-4-2-3-9(13,14)10(15,16)11(17,18)12(19,20)21/h2-3H,4-7H2,1H3. The summed E-state index contributed by atoms with van der Waals surface area (Å²) in [5, 5.41) is 0. The minimum atomic E-state index is -6.88. The number of alkyl halides is 9. The van der Waals surface area contributed by atoms with E-state index in [2.05, 4.69) is 0 Å². The van der Waals surface area contributed by atoms with Crippen molar-refractivity contribution in [3.05, 3.63) is 12.2 Å². The lowest BCUT2D eigenvalue weighted by Crippen LogP contribution is -2.60. The molecule has 11 heteroatoms. The van der Waals surface area contributed by atoms with Gasteiger partial charge >= 0.3 is 23.9 Å². The van der Waals surface area contributed by atoms with Crippen LogP contribution in [0.2, 0.25) is 0 Å². The van der Waals surface area contributed by atoms with E-state index in [1.54, 1.807) is 6.92 Å². The molecule has 0 amide bonds. The maximum absolute atomic E-state index is 13.1. The topological polar surface area (TPSA) is 18.5 Å². The SMILES string of the molecule is CC1(COCC=CC(F)(F)C(F)(F)C(F)(F)C(F)(F)F)COC1. The summed E-state index contributed by atoms with van der Waals surface area (Å²) in [6.07, 6.45) is -7.27. The van der Waals surface area contributed by atoms with Crippen molar-refractivity contribution in [3.8, 4) is 0 Å². The van der Waals surface area contributed by atoms with Crippen LogP contribution >= 0.6 is 0 Å². The molecule has 2 nitrogen and oxygen atoms in total. The van der Waals surface area contributed by atoms with Crippen LogP contribution in [-0.4, -0.2) is 50.4 Å². The number of rotatable bonds is 7. The fourth-order valence-electron chi connectivity index (χ4n) is 1.60. The fourth-order valence-corrected chi connectivity index (χ4v) is 1.60. The van der Waals surface area contributed by atoms with Gasteiger partial charge in [-0.15, -0.1) is 0 Å². The summed E-state index contributed by atoms with van der Waals surface area (Å²) in [7, 11) is 0. The van der Waals surface area contributed by atoms with Gasteiger partial charge in [-0.3, -0.25) is 0 Å². The van der Waals surface area contributed by atoms with Gasteiger partial charge in [0.2, 0.25) is 0 Å². The molecule has 23 heavy (non-hydrogen) atoms. The van der Waals surface area contributed by atoms with Gasteiger partial charge in [0, 0.05) is 5.41 Å². The normalized spacial score (nSPS) is 19.9. The van der Waals surface area contributed by atoms with Crippen molar-refractivity contribution in [1.82, 2.24) is 0 Å². The molecule has 0 bridgehead atoms. The molecule has 0 spiro atoms. The molecule has 1 heterocycles. The number of allylic oxidation sites excluding steroid dienone is 1. The van der Waals surface area contributed by atoms with Crippen LogP contribution in [0.5, 0.6) is 0 Å². The molecule has 0 aliphatic carbocycles. The van der Waals surface area contributed by atoms with Gasteiger partial charge in [-0.25, -0.2) is 0 Å². The Bertz CT molecular complexity index is 438. The van der Waals surface area contributed by atoms with E-state index in [1.807, 2.05) is 0 Å². The molecule has 136 valence electrons. The maximum atomic E-state index is 13.1. The number of hydrogen-bond donors (Lipinski definition) is 0. The third-order valence-electron chi connectivity index (χ3n) is 3.06. The van der Waals surface area contributed by atoms with Gasteiger partial charge in [0.25, 0.3) is 0 Å². The summed E-state index contributed by atoms with van der Waals surface area (Å²) in [4.78, 5) is 0. The first-order valence-corrected chi connectivity index (χ1v) is 6.20. The van der Waals surface area contributed by atoms with Crippen molar-refractivity contribution in [2.24, 2.45) is 5.41 Å². The highest BCUT2D eigenvalue weighted by atomic mass is 19.4. The van der Waals surface area contributed by atoms with Crippen LogP contribution in [0.4, 0.5) is 39.5 Å². The van der Waals surface area contributed by atoms with Crippen LogP contribution in [0.3, 0.4) is 0 Å². The molecule has 0 radical (unpaired) electrons. The van der Waals surface area contributed by atoms with E-state index in [1.165, 1.54) is 0 Å². The first-order valence-electron chi connectivity index (χ1n) is 6.20. The maximum Gasteiger partial charge on any atom is 0.460 e. The molecule has 1 saturated heterocycles. The monoisotopic (exact) mass is 360 g/mol. The largest absolute Gasteiger partial charge is 0.460 e. The number of halogens is 9. The predicted molar refractivity (Wildman–Crippen MR) is 59.8 cm³/mol. The summed E-state index contributed by atoms with van der Waals surface area (Å²) in [6.45, 7) is 1.77. The van der Waals surface area contributed by atoms with Gasteiger partial charge in [-0.1, -0.05) is 13.0 Å². The van der Waals surface area contributed by atoms with E-state index in [-0.39, 0.29) is 18.1 Å². The van der Waals surface area contributed by atoms with Gasteiger partial charge in [0.15, 0.2) is 0 Å². The lowest BCUT2D eigenvalue weighted by Gasteiger charge is -2.37. The molecule has 0 aromatic carbocycles. The summed E-state index contributed by atoms with van der Waals surface area (Å²) in [6, 6.07) is 0. The first-order chi connectivity index (χ1) is 10.2. The molecule has 0 saturated carbocycles. The molecular weight excluding hydrogens is 347 g/mol. The van der Waals surface area contributed by atoms with Crippen molar-refractivity contribution >= 4 is 0 Å². The quantitative estimate of drug-likeness (QED) is 0.387. The minimum Gasteiger partial charge on any atom is -0.380 e. The zero-order valence-corrected chi connectivity index (χ0v) is 11.7. The number of ether oxygens (including phenoxy) is 2. The van der Waals surface area contributed by atoms with Gasteiger partial charge < -0.3 is 9.47 Å². The summed E-state index contributed by atoms with van der Waals surface area (Å²) < 4.78 is 122. The van der Waals surface area contributed by atoms with Gasteiger partial charge in [0.05, 0.1) is 26.4 Å². The lowest BCUT2D eigenvalue weighted by molar-refractivity contribution is -0.388. The van der Waals surface area contributed by atoms with Crippen LogP contribution in [0.1, 0.15) is 6.92 Å². The van der Waals surface area contributed by atoms with Gasteiger partial charge in [0.1, 0.15) is 0 Å². The summed E-state index contributed by atoms with van der Waals surface area (Å²) in [5.41, 5.74) is -0.371. The molecule has 0 atom stereocenters. The molecule has 1 rings (SSSR count). The second kappa shape index (κ2) is 6.15. The van der Waals surface area contributed by atoms with Crippen LogP contribution in [0.15, 0.2) is 12.2 Å². The Kier molecular flexibility index (Phi) is 5.37. The summed E-state index contributed by atoms with van der Waals surface area (Å²) >= 11 is 0. The Morgan fingerprint density at radius 1 is 0.957 bits per heavy atom. The molecule has 0 unspecified atom stereocenters. The van der Waals surface area contributed by atoms with Crippen molar-refractivity contribution < 1.29 is 49.0 Å². The Morgan fingerprint density at radius 2 is 1.48 bits per heavy atom. The molecule has 0 N–H and O–H groups in total. The van der Waals surface area contributed by atoms with Crippen molar-refractivity contribution in [2.45, 2.75) is 30.9 Å². The molecular formula is C12H13F9O2. The Labute approximate surface area is 125 Å². The second-order valence-electron chi connectivity index (χ2n) is 5.49. The zero-order chi connectivity index (χ0) is 18.2.